The van der Waals surface area contributed by atoms with Gasteiger partial charge in [0.1, 0.15) is 5.76 Å². The first-order valence-corrected chi connectivity index (χ1v) is 10.8. The lowest BCUT2D eigenvalue weighted by Gasteiger charge is -2.31. The molecule has 8 heteroatoms. The van der Waals surface area contributed by atoms with Crippen LogP contribution in [0.1, 0.15) is 17.2 Å². The van der Waals surface area contributed by atoms with E-state index in [4.69, 9.17) is 27.9 Å². The molecule has 2 aliphatic heterocycles. The van der Waals surface area contributed by atoms with Gasteiger partial charge < -0.3 is 14.7 Å². The van der Waals surface area contributed by atoms with Crippen LogP contribution in [0, 0.1) is 0 Å². The highest BCUT2D eigenvalue weighted by molar-refractivity contribution is 6.46. The van der Waals surface area contributed by atoms with Crippen molar-refractivity contribution >= 4 is 40.7 Å². The molecule has 1 atom stereocenters. The van der Waals surface area contributed by atoms with Crippen LogP contribution in [-0.2, 0) is 14.3 Å². The second kappa shape index (κ2) is 9.40. The van der Waals surface area contributed by atoms with Crippen LogP contribution in [0.15, 0.2) is 54.1 Å². The first-order valence-electron chi connectivity index (χ1n) is 10.1. The van der Waals surface area contributed by atoms with Gasteiger partial charge in [0.2, 0.25) is 0 Å². The number of halogens is 2. The smallest absolute Gasteiger partial charge is 0.295 e. The normalized spacial score (nSPS) is 21.6. The standard InChI is InChI=1S/C23H22Cl2N2O4/c24-17-5-1-15(2-6-17)20-19(21(28)16-3-7-18(25)8-4-16)22(29)23(30)27(20)10-9-26-11-13-31-14-12-26/h1-8,20,28H,9-14H2/t20-/m1/s1. The van der Waals surface area contributed by atoms with E-state index in [9.17, 15) is 14.7 Å². The van der Waals surface area contributed by atoms with Gasteiger partial charge in [0.25, 0.3) is 11.7 Å². The number of aliphatic hydroxyl groups excluding tert-OH is 1. The van der Waals surface area contributed by atoms with Gasteiger partial charge in [-0.15, -0.1) is 0 Å². The molecule has 0 radical (unpaired) electrons. The van der Waals surface area contributed by atoms with Crippen molar-refractivity contribution < 1.29 is 19.4 Å². The Morgan fingerprint density at radius 1 is 0.935 bits per heavy atom. The van der Waals surface area contributed by atoms with Crippen LogP contribution in [0.4, 0.5) is 0 Å². The monoisotopic (exact) mass is 460 g/mol. The van der Waals surface area contributed by atoms with E-state index in [-0.39, 0.29) is 11.3 Å². The number of nitrogens with zero attached hydrogens (tertiary/aromatic N) is 2. The maximum Gasteiger partial charge on any atom is 0.295 e. The molecule has 0 spiro atoms. The van der Waals surface area contributed by atoms with E-state index in [1.807, 2.05) is 0 Å². The van der Waals surface area contributed by atoms with Crippen LogP contribution < -0.4 is 0 Å². The zero-order valence-corrected chi connectivity index (χ0v) is 18.3. The maximum absolute atomic E-state index is 13.0. The van der Waals surface area contributed by atoms with Gasteiger partial charge >= 0.3 is 0 Å². The van der Waals surface area contributed by atoms with Crippen LogP contribution in [0.3, 0.4) is 0 Å². The third-order valence-corrected chi connectivity index (χ3v) is 6.11. The lowest BCUT2D eigenvalue weighted by molar-refractivity contribution is -0.140. The van der Waals surface area contributed by atoms with Gasteiger partial charge in [-0.2, -0.15) is 0 Å². The van der Waals surface area contributed by atoms with Gasteiger partial charge in [-0.05, 0) is 42.0 Å². The van der Waals surface area contributed by atoms with E-state index in [1.54, 1.807) is 48.5 Å². The predicted molar refractivity (Wildman–Crippen MR) is 119 cm³/mol. The van der Waals surface area contributed by atoms with Crippen molar-refractivity contribution in [2.24, 2.45) is 0 Å². The molecule has 1 N–H and O–H groups in total. The Morgan fingerprint density at radius 2 is 1.52 bits per heavy atom. The van der Waals surface area contributed by atoms with Crippen molar-refractivity contribution in [3.05, 3.63) is 75.3 Å². The molecule has 0 bridgehead atoms. The fraction of sp³-hybridized carbons (Fsp3) is 0.304. The summed E-state index contributed by atoms with van der Waals surface area (Å²) in [5.41, 5.74) is 1.20. The van der Waals surface area contributed by atoms with Crippen LogP contribution in [0.25, 0.3) is 5.76 Å². The van der Waals surface area contributed by atoms with Crippen LogP contribution in [0.5, 0.6) is 0 Å². The molecule has 2 fully saturated rings. The maximum atomic E-state index is 13.0. The number of likely N-dealkylation sites (tertiary alicyclic amines) is 1. The highest BCUT2D eigenvalue weighted by atomic mass is 35.5. The Balaban J connectivity index is 1.72. The predicted octanol–water partition coefficient (Wildman–Crippen LogP) is 3.75. The molecule has 6 nitrogen and oxygen atoms in total. The summed E-state index contributed by atoms with van der Waals surface area (Å²) in [6.07, 6.45) is 0. The summed E-state index contributed by atoms with van der Waals surface area (Å²) in [5.74, 6) is -1.54. The number of Topliss-reactive ketones (excluding diaryl/α,β-unsaturated/α-hetero) is 1. The number of hydrogen-bond acceptors (Lipinski definition) is 5. The second-order valence-electron chi connectivity index (χ2n) is 7.50. The Labute approximate surface area is 190 Å². The molecule has 0 aromatic heterocycles. The summed E-state index contributed by atoms with van der Waals surface area (Å²) in [6.45, 7) is 3.82. The number of carbonyl (C=O) groups is 2. The van der Waals surface area contributed by atoms with Gasteiger partial charge in [-0.25, -0.2) is 0 Å². The molecule has 4 rings (SSSR count). The SMILES string of the molecule is O=C1C(=O)N(CCN2CCOCC2)[C@H](c2ccc(Cl)cc2)C1=C(O)c1ccc(Cl)cc1. The molecule has 162 valence electrons. The summed E-state index contributed by atoms with van der Waals surface area (Å²) in [7, 11) is 0. The molecule has 0 unspecified atom stereocenters. The van der Waals surface area contributed by atoms with Gasteiger partial charge in [0, 0.05) is 41.8 Å². The molecule has 2 aliphatic rings. The minimum atomic E-state index is -0.700. The molecule has 2 heterocycles. The lowest BCUT2D eigenvalue weighted by Crippen LogP contribution is -2.42. The number of aliphatic hydroxyl groups is 1. The molecule has 0 aliphatic carbocycles. The summed E-state index contributed by atoms with van der Waals surface area (Å²) >= 11 is 12.0. The number of hydrogen-bond donors (Lipinski definition) is 1. The largest absolute Gasteiger partial charge is 0.507 e. The Morgan fingerprint density at radius 3 is 2.13 bits per heavy atom. The molecular formula is C23H22Cl2N2O4. The van der Waals surface area contributed by atoms with Crippen molar-refractivity contribution in [1.29, 1.82) is 0 Å². The Hall–Kier alpha value is -2.38. The van der Waals surface area contributed by atoms with E-state index in [0.29, 0.717) is 47.5 Å². The number of amides is 1. The number of morpholine rings is 1. The van der Waals surface area contributed by atoms with Crippen molar-refractivity contribution in [2.45, 2.75) is 6.04 Å². The first kappa shape index (κ1) is 21.8. The van der Waals surface area contributed by atoms with E-state index in [0.717, 1.165) is 13.1 Å². The number of rotatable bonds is 5. The fourth-order valence-electron chi connectivity index (χ4n) is 3.94. The minimum absolute atomic E-state index is 0.0663. The second-order valence-corrected chi connectivity index (χ2v) is 8.38. The first-order chi connectivity index (χ1) is 15.0. The zero-order chi connectivity index (χ0) is 22.0. The average molecular weight is 461 g/mol. The molecule has 2 saturated heterocycles. The third kappa shape index (κ3) is 4.62. The van der Waals surface area contributed by atoms with Gasteiger partial charge in [0.05, 0.1) is 24.8 Å². The highest BCUT2D eigenvalue weighted by Crippen LogP contribution is 2.39. The number of ether oxygens (including phenoxy) is 1. The van der Waals surface area contributed by atoms with E-state index < -0.39 is 17.7 Å². The molecule has 31 heavy (non-hydrogen) atoms. The van der Waals surface area contributed by atoms with Crippen molar-refractivity contribution in [2.75, 3.05) is 39.4 Å². The minimum Gasteiger partial charge on any atom is -0.507 e. The third-order valence-electron chi connectivity index (χ3n) is 5.60. The molecule has 2 aromatic rings. The van der Waals surface area contributed by atoms with E-state index in [2.05, 4.69) is 4.90 Å². The summed E-state index contributed by atoms with van der Waals surface area (Å²) in [5, 5.41) is 12.1. The van der Waals surface area contributed by atoms with Crippen molar-refractivity contribution in [3.8, 4) is 0 Å². The number of benzene rings is 2. The topological polar surface area (TPSA) is 70.1 Å². The van der Waals surface area contributed by atoms with Crippen molar-refractivity contribution in [1.82, 2.24) is 9.80 Å². The highest BCUT2D eigenvalue weighted by Gasteiger charge is 2.46. The van der Waals surface area contributed by atoms with Crippen LogP contribution in [-0.4, -0.2) is 66.0 Å². The fourth-order valence-corrected chi connectivity index (χ4v) is 4.19. The summed E-state index contributed by atoms with van der Waals surface area (Å²) in [6, 6.07) is 12.8. The van der Waals surface area contributed by atoms with E-state index >= 15 is 0 Å². The molecule has 0 saturated carbocycles. The average Bonchev–Trinajstić information content (AvgIpc) is 3.04. The Kier molecular flexibility index (Phi) is 6.62. The summed E-state index contributed by atoms with van der Waals surface area (Å²) in [4.78, 5) is 29.7. The zero-order valence-electron chi connectivity index (χ0n) is 16.8. The number of carbonyl (C=O) groups excluding carboxylic acids is 2. The van der Waals surface area contributed by atoms with Crippen LogP contribution >= 0.6 is 23.2 Å². The van der Waals surface area contributed by atoms with Gasteiger partial charge in [0.15, 0.2) is 0 Å². The van der Waals surface area contributed by atoms with Gasteiger partial charge in [-0.1, -0.05) is 35.3 Å². The number of ketones is 1. The lowest BCUT2D eigenvalue weighted by atomic mass is 9.95. The van der Waals surface area contributed by atoms with E-state index in [1.165, 1.54) is 4.90 Å². The van der Waals surface area contributed by atoms with Crippen LogP contribution in [0.2, 0.25) is 10.0 Å². The summed E-state index contributed by atoms with van der Waals surface area (Å²) < 4.78 is 5.38. The van der Waals surface area contributed by atoms with Gasteiger partial charge in [-0.3, -0.25) is 14.5 Å². The van der Waals surface area contributed by atoms with Crippen molar-refractivity contribution in [3.63, 3.8) is 0 Å². The quantitative estimate of drug-likeness (QED) is 0.418. The molecule has 1 amide bonds. The molecular weight excluding hydrogens is 439 g/mol. The molecule has 2 aromatic carbocycles. The Bertz CT molecular complexity index is 999.